The van der Waals surface area contributed by atoms with Gasteiger partial charge < -0.3 is 4.98 Å². The third-order valence-corrected chi connectivity index (χ3v) is 4.46. The van der Waals surface area contributed by atoms with Gasteiger partial charge in [0.05, 0.1) is 16.7 Å². The maximum atomic E-state index is 5.47. The van der Waals surface area contributed by atoms with Gasteiger partial charge in [-0.15, -0.1) is 0 Å². The van der Waals surface area contributed by atoms with Crippen LogP contribution in [0.15, 0.2) is 40.9 Å². The number of rotatable bonds is 1. The minimum Gasteiger partial charge on any atom is -0.330 e. The van der Waals surface area contributed by atoms with E-state index in [0.29, 0.717) is 0 Å². The molecular formula is C15H13BrN2S. The molecule has 3 rings (SSSR count). The van der Waals surface area contributed by atoms with Crippen molar-refractivity contribution in [3.63, 3.8) is 0 Å². The van der Waals surface area contributed by atoms with Crippen molar-refractivity contribution in [3.8, 4) is 5.69 Å². The standard InChI is InChI=1S/C15H13BrN2S/c1-9-6-7-14-12(8-9)17-15(19)18(14)13-5-3-4-11(16)10(13)2/h3-8H,1-2H3,(H,17,19). The van der Waals surface area contributed by atoms with Gasteiger partial charge in [-0.25, -0.2) is 0 Å². The maximum absolute atomic E-state index is 5.47. The Kier molecular flexibility index (Phi) is 3.07. The number of aromatic amines is 1. The van der Waals surface area contributed by atoms with Gasteiger partial charge in [0.15, 0.2) is 4.77 Å². The van der Waals surface area contributed by atoms with Gasteiger partial charge in [0.2, 0.25) is 0 Å². The molecule has 0 saturated carbocycles. The van der Waals surface area contributed by atoms with Crippen LogP contribution in [0.5, 0.6) is 0 Å². The first kappa shape index (κ1) is 12.6. The van der Waals surface area contributed by atoms with Crippen molar-refractivity contribution in [1.29, 1.82) is 0 Å². The Morgan fingerprint density at radius 1 is 1.16 bits per heavy atom. The van der Waals surface area contributed by atoms with Crippen LogP contribution >= 0.6 is 28.1 Å². The van der Waals surface area contributed by atoms with Gasteiger partial charge in [-0.3, -0.25) is 4.57 Å². The monoisotopic (exact) mass is 332 g/mol. The molecule has 4 heteroatoms. The summed E-state index contributed by atoms with van der Waals surface area (Å²) in [6, 6.07) is 12.5. The van der Waals surface area contributed by atoms with E-state index in [-0.39, 0.29) is 0 Å². The van der Waals surface area contributed by atoms with Gasteiger partial charge >= 0.3 is 0 Å². The molecule has 0 radical (unpaired) electrons. The number of H-pyrrole nitrogens is 1. The summed E-state index contributed by atoms with van der Waals surface area (Å²) in [4.78, 5) is 3.28. The predicted molar refractivity (Wildman–Crippen MR) is 85.6 cm³/mol. The molecule has 1 N–H and O–H groups in total. The van der Waals surface area contributed by atoms with E-state index in [1.54, 1.807) is 0 Å². The van der Waals surface area contributed by atoms with Crippen molar-refractivity contribution < 1.29 is 0 Å². The number of imidazole rings is 1. The molecule has 96 valence electrons. The Morgan fingerprint density at radius 2 is 1.95 bits per heavy atom. The average molecular weight is 333 g/mol. The second-order valence-corrected chi connectivity index (χ2v) is 5.91. The van der Waals surface area contributed by atoms with Crippen molar-refractivity contribution in [2.75, 3.05) is 0 Å². The number of hydrogen-bond acceptors (Lipinski definition) is 1. The number of nitrogens with zero attached hydrogens (tertiary/aromatic N) is 1. The highest BCUT2D eigenvalue weighted by Crippen LogP contribution is 2.26. The quantitative estimate of drug-likeness (QED) is 0.617. The molecule has 0 aliphatic heterocycles. The van der Waals surface area contributed by atoms with E-state index in [1.807, 2.05) is 12.1 Å². The predicted octanol–water partition coefficient (Wildman–Crippen LogP) is 5.07. The fraction of sp³-hybridized carbons (Fsp3) is 0.133. The summed E-state index contributed by atoms with van der Waals surface area (Å²) in [6.07, 6.45) is 0. The van der Waals surface area contributed by atoms with Gasteiger partial charge in [0.1, 0.15) is 0 Å². The Bertz CT molecular complexity index is 830. The highest BCUT2D eigenvalue weighted by atomic mass is 79.9. The van der Waals surface area contributed by atoms with E-state index >= 15 is 0 Å². The van der Waals surface area contributed by atoms with E-state index in [2.05, 4.69) is 63.6 Å². The van der Waals surface area contributed by atoms with Gasteiger partial charge in [-0.1, -0.05) is 28.1 Å². The number of aryl methyl sites for hydroxylation is 1. The molecule has 0 bridgehead atoms. The smallest absolute Gasteiger partial charge is 0.182 e. The van der Waals surface area contributed by atoms with E-state index in [1.165, 1.54) is 11.1 Å². The van der Waals surface area contributed by atoms with E-state index < -0.39 is 0 Å². The first-order valence-corrected chi connectivity index (χ1v) is 7.25. The van der Waals surface area contributed by atoms with Gasteiger partial charge in [0.25, 0.3) is 0 Å². The number of halogens is 1. The Labute approximate surface area is 125 Å². The highest BCUT2D eigenvalue weighted by Gasteiger charge is 2.10. The number of nitrogens with one attached hydrogen (secondary N) is 1. The molecule has 0 unspecified atom stereocenters. The van der Waals surface area contributed by atoms with Crippen molar-refractivity contribution in [3.05, 3.63) is 56.8 Å². The molecule has 2 nitrogen and oxygen atoms in total. The number of aromatic nitrogens is 2. The van der Waals surface area contributed by atoms with Crippen molar-refractivity contribution in [2.45, 2.75) is 13.8 Å². The molecule has 0 aliphatic rings. The summed E-state index contributed by atoms with van der Waals surface area (Å²) in [5.74, 6) is 0. The van der Waals surface area contributed by atoms with Crippen LogP contribution in [0.1, 0.15) is 11.1 Å². The summed E-state index contributed by atoms with van der Waals surface area (Å²) >= 11 is 9.05. The van der Waals surface area contributed by atoms with Crippen LogP contribution in [0.4, 0.5) is 0 Å². The van der Waals surface area contributed by atoms with Crippen LogP contribution in [-0.4, -0.2) is 9.55 Å². The van der Waals surface area contributed by atoms with Crippen molar-refractivity contribution >= 4 is 39.2 Å². The third-order valence-electron chi connectivity index (χ3n) is 3.32. The van der Waals surface area contributed by atoms with Crippen LogP contribution in [0.25, 0.3) is 16.7 Å². The molecule has 1 aromatic heterocycles. The Hall–Kier alpha value is -1.39. The SMILES string of the molecule is Cc1ccc2c(c1)[nH]c(=S)n2-c1cccc(Br)c1C. The van der Waals surface area contributed by atoms with E-state index in [9.17, 15) is 0 Å². The zero-order chi connectivity index (χ0) is 13.6. The normalized spacial score (nSPS) is 11.1. The fourth-order valence-electron chi connectivity index (χ4n) is 2.30. The minimum atomic E-state index is 0.724. The van der Waals surface area contributed by atoms with Crippen LogP contribution < -0.4 is 0 Å². The van der Waals surface area contributed by atoms with Crippen LogP contribution in [0.3, 0.4) is 0 Å². The lowest BCUT2D eigenvalue weighted by atomic mass is 10.2. The maximum Gasteiger partial charge on any atom is 0.182 e. The summed E-state index contributed by atoms with van der Waals surface area (Å²) in [6.45, 7) is 4.17. The minimum absolute atomic E-state index is 0.724. The molecule has 0 atom stereocenters. The summed E-state index contributed by atoms with van der Waals surface area (Å²) in [5.41, 5.74) is 5.69. The zero-order valence-corrected chi connectivity index (χ0v) is 13.1. The fourth-order valence-corrected chi connectivity index (χ4v) is 2.97. The van der Waals surface area contributed by atoms with Crippen molar-refractivity contribution in [2.24, 2.45) is 0 Å². The largest absolute Gasteiger partial charge is 0.330 e. The van der Waals surface area contributed by atoms with Crippen molar-refractivity contribution in [1.82, 2.24) is 9.55 Å². The summed E-state index contributed by atoms with van der Waals surface area (Å²) < 4.78 is 3.90. The Balaban J connectivity index is 2.40. The van der Waals surface area contributed by atoms with Gasteiger partial charge in [-0.05, 0) is 61.5 Å². The van der Waals surface area contributed by atoms with Crippen LogP contribution in [0.2, 0.25) is 0 Å². The molecule has 0 fully saturated rings. The first-order valence-electron chi connectivity index (χ1n) is 6.05. The molecule has 19 heavy (non-hydrogen) atoms. The van der Waals surface area contributed by atoms with E-state index in [0.717, 1.165) is 26.0 Å². The van der Waals surface area contributed by atoms with Gasteiger partial charge in [-0.2, -0.15) is 0 Å². The second kappa shape index (κ2) is 4.62. The lowest BCUT2D eigenvalue weighted by molar-refractivity contribution is 1.05. The zero-order valence-electron chi connectivity index (χ0n) is 10.7. The topological polar surface area (TPSA) is 20.7 Å². The Morgan fingerprint density at radius 3 is 2.74 bits per heavy atom. The number of hydrogen-bond donors (Lipinski definition) is 1. The summed E-state index contributed by atoms with van der Waals surface area (Å²) in [5, 5.41) is 0. The van der Waals surface area contributed by atoms with Gasteiger partial charge in [0, 0.05) is 4.47 Å². The third kappa shape index (κ3) is 2.05. The molecule has 0 saturated heterocycles. The highest BCUT2D eigenvalue weighted by molar-refractivity contribution is 9.10. The molecule has 1 heterocycles. The molecule has 0 aliphatic carbocycles. The average Bonchev–Trinajstić information content (AvgIpc) is 2.68. The van der Waals surface area contributed by atoms with Crippen LogP contribution in [-0.2, 0) is 0 Å². The number of fused-ring (bicyclic) bond motifs is 1. The molecule has 3 aromatic rings. The van der Waals surface area contributed by atoms with Crippen LogP contribution in [0, 0.1) is 18.6 Å². The molecule has 0 amide bonds. The molecule has 2 aromatic carbocycles. The second-order valence-electron chi connectivity index (χ2n) is 4.67. The summed E-state index contributed by atoms with van der Waals surface area (Å²) in [7, 11) is 0. The number of benzene rings is 2. The van der Waals surface area contributed by atoms with E-state index in [4.69, 9.17) is 12.2 Å². The lowest BCUT2D eigenvalue weighted by Crippen LogP contribution is -1.97. The molecular weight excluding hydrogens is 320 g/mol. The first-order chi connectivity index (χ1) is 9.08. The molecule has 0 spiro atoms. The lowest BCUT2D eigenvalue weighted by Gasteiger charge is -2.09.